The zero-order valence-electron chi connectivity index (χ0n) is 13.1. The van der Waals surface area contributed by atoms with Gasteiger partial charge in [-0.1, -0.05) is 12.8 Å². The largest absolute Gasteiger partial charge is 0.465 e. The van der Waals surface area contributed by atoms with Gasteiger partial charge in [-0.3, -0.25) is 4.79 Å². The predicted molar refractivity (Wildman–Crippen MR) is 80.7 cm³/mol. The zero-order valence-corrected chi connectivity index (χ0v) is 13.1. The molecule has 116 valence electrons. The summed E-state index contributed by atoms with van der Waals surface area (Å²) in [5.41, 5.74) is 0. The highest BCUT2D eigenvalue weighted by atomic mass is 16.5. The molecule has 0 aromatic heterocycles. The third-order valence-corrected chi connectivity index (χ3v) is 4.43. The van der Waals surface area contributed by atoms with E-state index in [0.717, 1.165) is 18.9 Å². The van der Waals surface area contributed by atoms with Crippen molar-refractivity contribution in [2.45, 2.75) is 64.0 Å². The van der Waals surface area contributed by atoms with E-state index in [1.807, 2.05) is 6.92 Å². The molecule has 0 heterocycles. The lowest BCUT2D eigenvalue weighted by Crippen LogP contribution is -2.42. The molecule has 4 heteroatoms. The number of esters is 1. The molecule has 1 atom stereocenters. The highest BCUT2D eigenvalue weighted by Gasteiger charge is 2.29. The molecule has 2 rings (SSSR count). The minimum absolute atomic E-state index is 0.0753. The second-order valence-corrected chi connectivity index (χ2v) is 6.45. The number of ether oxygens (including phenoxy) is 1. The Bertz CT molecular complexity index is 299. The van der Waals surface area contributed by atoms with Crippen LogP contribution in [0, 0.1) is 5.92 Å². The van der Waals surface area contributed by atoms with E-state index in [4.69, 9.17) is 4.74 Å². The molecular formula is C16H30N2O2. The smallest absolute Gasteiger partial charge is 0.323 e. The lowest BCUT2D eigenvalue weighted by Gasteiger charge is -2.23. The highest BCUT2D eigenvalue weighted by Crippen LogP contribution is 2.25. The summed E-state index contributed by atoms with van der Waals surface area (Å²) in [4.78, 5) is 14.3. The van der Waals surface area contributed by atoms with Crippen LogP contribution in [0.2, 0.25) is 0 Å². The van der Waals surface area contributed by atoms with Gasteiger partial charge >= 0.3 is 5.97 Å². The molecule has 0 bridgehead atoms. The van der Waals surface area contributed by atoms with Gasteiger partial charge < -0.3 is 15.0 Å². The van der Waals surface area contributed by atoms with Crippen molar-refractivity contribution in [2.24, 2.45) is 5.92 Å². The van der Waals surface area contributed by atoms with Gasteiger partial charge in [0.2, 0.25) is 0 Å². The molecule has 20 heavy (non-hydrogen) atoms. The fourth-order valence-electron chi connectivity index (χ4n) is 3.12. The standard InChI is InChI=1S/C16H30N2O2/c1-3-20-16(19)15(17-14-8-9-14)10-11-18(2)12-13-6-4-5-7-13/h13-15,17H,3-12H2,1-2H3. The molecule has 2 fully saturated rings. The van der Waals surface area contributed by atoms with Gasteiger partial charge in [-0.05, 0) is 58.5 Å². The van der Waals surface area contributed by atoms with Crippen LogP contribution in [0.4, 0.5) is 0 Å². The van der Waals surface area contributed by atoms with Crippen LogP contribution in [0.5, 0.6) is 0 Å². The van der Waals surface area contributed by atoms with Crippen molar-refractivity contribution in [1.82, 2.24) is 10.2 Å². The first-order chi connectivity index (χ1) is 9.69. The predicted octanol–water partition coefficient (Wildman–Crippen LogP) is 2.18. The Balaban J connectivity index is 1.70. The molecule has 2 saturated carbocycles. The summed E-state index contributed by atoms with van der Waals surface area (Å²) in [6.07, 6.45) is 8.82. The molecule has 2 aliphatic carbocycles. The maximum Gasteiger partial charge on any atom is 0.323 e. The second-order valence-electron chi connectivity index (χ2n) is 6.45. The van der Waals surface area contributed by atoms with Gasteiger partial charge in [0.05, 0.1) is 6.61 Å². The number of hydrogen-bond donors (Lipinski definition) is 1. The van der Waals surface area contributed by atoms with E-state index in [1.165, 1.54) is 45.1 Å². The number of carbonyl (C=O) groups is 1. The average Bonchev–Trinajstić information content (AvgIpc) is 3.10. The van der Waals surface area contributed by atoms with E-state index >= 15 is 0 Å². The second kappa shape index (κ2) is 7.99. The Morgan fingerprint density at radius 2 is 2.00 bits per heavy atom. The van der Waals surface area contributed by atoms with Crippen molar-refractivity contribution in [3.63, 3.8) is 0 Å². The SMILES string of the molecule is CCOC(=O)C(CCN(C)CC1CCCC1)NC1CC1. The van der Waals surface area contributed by atoms with Gasteiger partial charge in [0.1, 0.15) is 6.04 Å². The van der Waals surface area contributed by atoms with Gasteiger partial charge in [0, 0.05) is 12.6 Å². The monoisotopic (exact) mass is 282 g/mol. The van der Waals surface area contributed by atoms with Crippen molar-refractivity contribution in [2.75, 3.05) is 26.7 Å². The summed E-state index contributed by atoms with van der Waals surface area (Å²) >= 11 is 0. The van der Waals surface area contributed by atoms with Gasteiger partial charge in [0.25, 0.3) is 0 Å². The molecule has 0 spiro atoms. The molecule has 0 aliphatic heterocycles. The maximum atomic E-state index is 12.0. The normalized spacial score (nSPS) is 21.4. The van der Waals surface area contributed by atoms with Gasteiger partial charge in [-0.15, -0.1) is 0 Å². The number of nitrogens with one attached hydrogen (secondary N) is 1. The molecule has 1 N–H and O–H groups in total. The van der Waals surface area contributed by atoms with Crippen LogP contribution in [0.3, 0.4) is 0 Å². The quantitative estimate of drug-likeness (QED) is 0.658. The molecule has 0 saturated heterocycles. The molecular weight excluding hydrogens is 252 g/mol. The molecule has 0 aromatic rings. The summed E-state index contributed by atoms with van der Waals surface area (Å²) < 4.78 is 5.18. The minimum Gasteiger partial charge on any atom is -0.465 e. The lowest BCUT2D eigenvalue weighted by atomic mass is 10.1. The molecule has 0 amide bonds. The van der Waals surface area contributed by atoms with Crippen LogP contribution >= 0.6 is 0 Å². The topological polar surface area (TPSA) is 41.6 Å². The Labute approximate surface area is 123 Å². The maximum absolute atomic E-state index is 12.0. The van der Waals surface area contributed by atoms with E-state index in [9.17, 15) is 4.79 Å². The summed E-state index contributed by atoms with van der Waals surface area (Å²) in [5, 5.41) is 3.42. The van der Waals surface area contributed by atoms with Crippen LogP contribution in [0.1, 0.15) is 51.9 Å². The van der Waals surface area contributed by atoms with E-state index < -0.39 is 0 Å². The number of carbonyl (C=O) groups excluding carboxylic acids is 1. The lowest BCUT2D eigenvalue weighted by molar-refractivity contribution is -0.146. The summed E-state index contributed by atoms with van der Waals surface area (Å²) in [6, 6.07) is 0.429. The van der Waals surface area contributed by atoms with E-state index in [1.54, 1.807) is 0 Å². The van der Waals surface area contributed by atoms with Crippen molar-refractivity contribution in [3.8, 4) is 0 Å². The van der Waals surface area contributed by atoms with E-state index in [-0.39, 0.29) is 12.0 Å². The van der Waals surface area contributed by atoms with Crippen LogP contribution in [-0.2, 0) is 9.53 Å². The van der Waals surface area contributed by atoms with Gasteiger partial charge in [0.15, 0.2) is 0 Å². The zero-order chi connectivity index (χ0) is 14.4. The van der Waals surface area contributed by atoms with Crippen molar-refractivity contribution in [3.05, 3.63) is 0 Å². The average molecular weight is 282 g/mol. The molecule has 2 aliphatic rings. The van der Waals surface area contributed by atoms with Crippen LogP contribution < -0.4 is 5.32 Å². The summed E-state index contributed by atoms with van der Waals surface area (Å²) in [5.74, 6) is 0.797. The molecule has 1 unspecified atom stereocenters. The first-order valence-electron chi connectivity index (χ1n) is 8.30. The fraction of sp³-hybridized carbons (Fsp3) is 0.938. The molecule has 0 radical (unpaired) electrons. The van der Waals surface area contributed by atoms with Crippen LogP contribution in [0.15, 0.2) is 0 Å². The van der Waals surface area contributed by atoms with Crippen molar-refractivity contribution < 1.29 is 9.53 Å². The third-order valence-electron chi connectivity index (χ3n) is 4.43. The highest BCUT2D eigenvalue weighted by molar-refractivity contribution is 5.75. The minimum atomic E-state index is -0.117. The van der Waals surface area contributed by atoms with Crippen LogP contribution in [0.25, 0.3) is 0 Å². The molecule has 0 aromatic carbocycles. The van der Waals surface area contributed by atoms with Gasteiger partial charge in [-0.2, -0.15) is 0 Å². The number of rotatable bonds is 9. The van der Waals surface area contributed by atoms with Gasteiger partial charge in [-0.25, -0.2) is 0 Å². The summed E-state index contributed by atoms with van der Waals surface area (Å²) in [6.45, 7) is 4.50. The third kappa shape index (κ3) is 5.41. The Hall–Kier alpha value is -0.610. The fourth-order valence-corrected chi connectivity index (χ4v) is 3.12. The number of hydrogen-bond acceptors (Lipinski definition) is 4. The molecule has 4 nitrogen and oxygen atoms in total. The first-order valence-corrected chi connectivity index (χ1v) is 8.30. The Morgan fingerprint density at radius 3 is 2.60 bits per heavy atom. The Morgan fingerprint density at radius 1 is 1.30 bits per heavy atom. The first kappa shape index (κ1) is 15.8. The number of nitrogens with zero attached hydrogens (tertiary/aromatic N) is 1. The summed E-state index contributed by atoms with van der Waals surface area (Å²) in [7, 11) is 2.18. The van der Waals surface area contributed by atoms with E-state index in [2.05, 4.69) is 17.3 Å². The Kier molecular flexibility index (Phi) is 6.30. The van der Waals surface area contributed by atoms with E-state index in [0.29, 0.717) is 12.6 Å². The van der Waals surface area contributed by atoms with Crippen molar-refractivity contribution in [1.29, 1.82) is 0 Å². The van der Waals surface area contributed by atoms with Crippen molar-refractivity contribution >= 4 is 5.97 Å². The van der Waals surface area contributed by atoms with Crippen LogP contribution in [-0.4, -0.2) is 49.7 Å².